The molecule has 0 atom stereocenters. The van der Waals surface area contributed by atoms with Gasteiger partial charge in [0.25, 0.3) is 0 Å². The summed E-state index contributed by atoms with van der Waals surface area (Å²) in [4.78, 5) is 16.6. The maximum atomic E-state index is 11.4. The predicted molar refractivity (Wildman–Crippen MR) is 94.8 cm³/mol. The molecule has 0 saturated carbocycles. The highest BCUT2D eigenvalue weighted by molar-refractivity contribution is 8.01. The number of nitrogens with zero attached hydrogens (tertiary/aromatic N) is 1. The van der Waals surface area contributed by atoms with Gasteiger partial charge in [-0.2, -0.15) is 0 Å². The molecule has 0 amide bonds. The zero-order valence-corrected chi connectivity index (χ0v) is 13.8. The third-order valence-corrected chi connectivity index (χ3v) is 5.00. The molecule has 0 saturated heterocycles. The lowest BCUT2D eigenvalue weighted by molar-refractivity contribution is -0.138. The molecule has 116 valence electrons. The molecule has 0 unspecified atom stereocenters. The minimum atomic E-state index is -0.902. The minimum Gasteiger partial charge on any atom is -0.480 e. The van der Waals surface area contributed by atoms with E-state index in [-0.39, 0.29) is 0 Å². The van der Waals surface area contributed by atoms with E-state index in [2.05, 4.69) is 29.2 Å². The van der Waals surface area contributed by atoms with Crippen molar-refractivity contribution in [2.24, 2.45) is 0 Å². The molecule has 1 heterocycles. The Kier molecular flexibility index (Phi) is 4.09. The van der Waals surface area contributed by atoms with E-state index in [0.29, 0.717) is 0 Å². The Morgan fingerprint density at radius 1 is 1.04 bits per heavy atom. The van der Waals surface area contributed by atoms with Crippen LogP contribution in [0.15, 0.2) is 65.8 Å². The van der Waals surface area contributed by atoms with Crippen molar-refractivity contribution in [3.05, 3.63) is 60.9 Å². The summed E-state index contributed by atoms with van der Waals surface area (Å²) >= 11 is 1.34. The van der Waals surface area contributed by atoms with Crippen LogP contribution in [0.1, 0.15) is 13.8 Å². The largest absolute Gasteiger partial charge is 0.480 e. The molecule has 0 spiro atoms. The highest BCUT2D eigenvalue weighted by Gasteiger charge is 2.29. The van der Waals surface area contributed by atoms with Crippen LogP contribution in [0.25, 0.3) is 21.9 Å². The summed E-state index contributed by atoms with van der Waals surface area (Å²) in [6.07, 6.45) is 3.51. The van der Waals surface area contributed by atoms with Crippen molar-refractivity contribution >= 4 is 28.5 Å². The summed E-state index contributed by atoms with van der Waals surface area (Å²) in [6.45, 7) is 3.43. The first-order chi connectivity index (χ1) is 11.0. The molecule has 0 aliphatic heterocycles. The summed E-state index contributed by atoms with van der Waals surface area (Å²) in [5.41, 5.74) is 2.03. The van der Waals surface area contributed by atoms with Crippen LogP contribution in [0.2, 0.25) is 0 Å². The number of carboxylic acid groups (broad SMARTS) is 1. The van der Waals surface area contributed by atoms with E-state index in [9.17, 15) is 9.90 Å². The molecule has 0 aliphatic carbocycles. The summed E-state index contributed by atoms with van der Waals surface area (Å²) in [5, 5.41) is 11.7. The second-order valence-electron chi connectivity index (χ2n) is 5.82. The van der Waals surface area contributed by atoms with Crippen molar-refractivity contribution in [1.29, 1.82) is 0 Å². The first-order valence-electron chi connectivity index (χ1n) is 7.33. The van der Waals surface area contributed by atoms with Gasteiger partial charge in [0.05, 0.1) is 0 Å². The van der Waals surface area contributed by atoms with E-state index in [1.165, 1.54) is 11.8 Å². The number of benzene rings is 2. The lowest BCUT2D eigenvalue weighted by Gasteiger charge is -2.20. The van der Waals surface area contributed by atoms with Crippen LogP contribution in [0.5, 0.6) is 0 Å². The van der Waals surface area contributed by atoms with Crippen molar-refractivity contribution in [3.63, 3.8) is 0 Å². The Morgan fingerprint density at radius 3 is 2.57 bits per heavy atom. The Balaban J connectivity index is 2.15. The maximum absolute atomic E-state index is 11.4. The average molecular weight is 323 g/mol. The number of hydrogen-bond donors (Lipinski definition) is 1. The van der Waals surface area contributed by atoms with E-state index in [4.69, 9.17) is 0 Å². The van der Waals surface area contributed by atoms with Crippen LogP contribution in [-0.2, 0) is 4.79 Å². The molecule has 2 aromatic carbocycles. The maximum Gasteiger partial charge on any atom is 0.319 e. The monoisotopic (exact) mass is 323 g/mol. The molecule has 3 aromatic rings. The molecule has 23 heavy (non-hydrogen) atoms. The smallest absolute Gasteiger partial charge is 0.319 e. The Labute approximate surface area is 139 Å². The van der Waals surface area contributed by atoms with Crippen LogP contribution in [0.3, 0.4) is 0 Å². The zero-order valence-electron chi connectivity index (χ0n) is 13.0. The molecule has 0 aliphatic rings. The molecule has 1 aromatic heterocycles. The second kappa shape index (κ2) is 6.05. The van der Waals surface area contributed by atoms with Crippen molar-refractivity contribution in [2.75, 3.05) is 0 Å². The number of aromatic nitrogens is 1. The number of thioether (sulfide) groups is 1. The molecule has 0 bridgehead atoms. The SMILES string of the molecule is CC(C)(Sc1ccncc1-c1cccc2ccccc12)C(=O)O. The van der Waals surface area contributed by atoms with Gasteiger partial charge < -0.3 is 5.11 Å². The average Bonchev–Trinajstić information content (AvgIpc) is 2.54. The Hall–Kier alpha value is -2.33. The fourth-order valence-corrected chi connectivity index (χ4v) is 3.49. The number of pyridine rings is 1. The molecule has 3 nitrogen and oxygen atoms in total. The van der Waals surface area contributed by atoms with Gasteiger partial charge in [0.2, 0.25) is 0 Å². The number of aliphatic carboxylic acids is 1. The minimum absolute atomic E-state index is 0.830. The van der Waals surface area contributed by atoms with Gasteiger partial charge in [-0.15, -0.1) is 11.8 Å². The number of rotatable bonds is 4. The summed E-state index contributed by atoms with van der Waals surface area (Å²) < 4.78 is -0.902. The van der Waals surface area contributed by atoms with Gasteiger partial charge in [-0.3, -0.25) is 9.78 Å². The van der Waals surface area contributed by atoms with E-state index >= 15 is 0 Å². The Bertz CT molecular complexity index is 869. The van der Waals surface area contributed by atoms with Gasteiger partial charge in [0, 0.05) is 22.9 Å². The van der Waals surface area contributed by atoms with Crippen molar-refractivity contribution in [1.82, 2.24) is 4.98 Å². The third-order valence-electron chi connectivity index (χ3n) is 3.74. The third kappa shape index (κ3) is 3.08. The number of hydrogen-bond acceptors (Lipinski definition) is 3. The van der Waals surface area contributed by atoms with Crippen molar-refractivity contribution in [2.45, 2.75) is 23.5 Å². The molecule has 0 fully saturated rings. The predicted octanol–water partition coefficient (Wildman–Crippen LogP) is 4.86. The summed E-state index contributed by atoms with van der Waals surface area (Å²) in [5.74, 6) is -0.830. The van der Waals surface area contributed by atoms with E-state index in [1.807, 2.05) is 30.5 Å². The van der Waals surface area contributed by atoms with E-state index in [0.717, 1.165) is 26.8 Å². The van der Waals surface area contributed by atoms with E-state index in [1.54, 1.807) is 20.0 Å². The van der Waals surface area contributed by atoms with Crippen molar-refractivity contribution in [3.8, 4) is 11.1 Å². The van der Waals surface area contributed by atoms with Gasteiger partial charge in [-0.05, 0) is 36.2 Å². The highest BCUT2D eigenvalue weighted by Crippen LogP contribution is 2.40. The lowest BCUT2D eigenvalue weighted by atomic mass is 9.99. The van der Waals surface area contributed by atoms with Gasteiger partial charge >= 0.3 is 5.97 Å². The summed E-state index contributed by atoms with van der Waals surface area (Å²) in [6, 6.07) is 16.2. The standard InChI is InChI=1S/C19H17NO2S/c1-19(2,18(21)22)23-17-10-11-20-12-16(17)15-9-5-7-13-6-3-4-8-14(13)15/h3-12H,1-2H3,(H,21,22). The fraction of sp³-hybridized carbons (Fsp3) is 0.158. The number of carbonyl (C=O) groups is 1. The topological polar surface area (TPSA) is 50.2 Å². The fourth-order valence-electron chi connectivity index (χ4n) is 2.45. The quantitative estimate of drug-likeness (QED) is 0.697. The van der Waals surface area contributed by atoms with Gasteiger partial charge in [-0.1, -0.05) is 42.5 Å². The lowest BCUT2D eigenvalue weighted by Crippen LogP contribution is -2.27. The van der Waals surface area contributed by atoms with Gasteiger partial charge in [0.15, 0.2) is 0 Å². The zero-order chi connectivity index (χ0) is 16.4. The number of fused-ring (bicyclic) bond motifs is 1. The second-order valence-corrected chi connectivity index (χ2v) is 7.48. The van der Waals surface area contributed by atoms with Crippen LogP contribution >= 0.6 is 11.8 Å². The normalized spacial score (nSPS) is 11.6. The Morgan fingerprint density at radius 2 is 1.78 bits per heavy atom. The van der Waals surface area contributed by atoms with Crippen molar-refractivity contribution < 1.29 is 9.90 Å². The molecule has 3 rings (SSSR count). The molecule has 1 N–H and O–H groups in total. The van der Waals surface area contributed by atoms with Crippen LogP contribution in [0.4, 0.5) is 0 Å². The number of carboxylic acids is 1. The van der Waals surface area contributed by atoms with Crippen LogP contribution < -0.4 is 0 Å². The molecule has 4 heteroatoms. The first-order valence-corrected chi connectivity index (χ1v) is 8.15. The first kappa shape index (κ1) is 15.6. The van der Waals surface area contributed by atoms with Crippen LogP contribution in [-0.4, -0.2) is 20.8 Å². The van der Waals surface area contributed by atoms with Gasteiger partial charge in [-0.25, -0.2) is 0 Å². The summed E-state index contributed by atoms with van der Waals surface area (Å²) in [7, 11) is 0. The molecular weight excluding hydrogens is 306 g/mol. The molecule has 0 radical (unpaired) electrons. The molecular formula is C19H17NO2S. The van der Waals surface area contributed by atoms with E-state index < -0.39 is 10.7 Å². The van der Waals surface area contributed by atoms with Gasteiger partial charge in [0.1, 0.15) is 4.75 Å². The van der Waals surface area contributed by atoms with Crippen LogP contribution in [0, 0.1) is 0 Å². The highest BCUT2D eigenvalue weighted by atomic mass is 32.2.